The molecular formula is C26H27ClN2O2S. The third-order valence-electron chi connectivity index (χ3n) is 6.08. The van der Waals surface area contributed by atoms with E-state index in [0.29, 0.717) is 32.8 Å². The van der Waals surface area contributed by atoms with Gasteiger partial charge in [-0.25, -0.2) is 0 Å². The lowest BCUT2D eigenvalue weighted by Crippen LogP contribution is -2.27. The third-order valence-corrected chi connectivity index (χ3v) is 7.50. The monoisotopic (exact) mass is 466 g/mol. The zero-order chi connectivity index (χ0) is 22.9. The molecule has 2 aromatic carbocycles. The highest BCUT2D eigenvalue weighted by molar-refractivity contribution is 7.17. The molecule has 0 saturated carbocycles. The molecule has 4 nitrogen and oxygen atoms in total. The maximum Gasteiger partial charge on any atom is 0.258 e. The minimum Gasteiger partial charge on any atom is -0.322 e. The van der Waals surface area contributed by atoms with Gasteiger partial charge in [-0.15, -0.1) is 11.3 Å². The molecule has 2 N–H and O–H groups in total. The molecule has 0 aliphatic heterocycles. The van der Waals surface area contributed by atoms with E-state index in [0.717, 1.165) is 24.8 Å². The van der Waals surface area contributed by atoms with Gasteiger partial charge in [0.2, 0.25) is 0 Å². The lowest BCUT2D eigenvalue weighted by molar-refractivity contribution is 0.102. The Balaban J connectivity index is 1.68. The number of halogens is 1. The molecule has 2 amide bonds. The van der Waals surface area contributed by atoms with Gasteiger partial charge in [0, 0.05) is 21.2 Å². The van der Waals surface area contributed by atoms with Crippen LogP contribution in [0.1, 0.15) is 58.3 Å². The van der Waals surface area contributed by atoms with Crippen LogP contribution < -0.4 is 10.6 Å². The molecule has 1 atom stereocenters. The molecule has 1 aliphatic carbocycles. The smallest absolute Gasteiger partial charge is 0.258 e. The standard InChI is InChI=1S/C26H27ClN2O2S/c1-26(2,3)17-9-14-20-21(15-17)32-25(29-23(30)16-7-5-4-6-8-16)22(20)24(31)28-19-12-10-18(27)11-13-19/h4-8,10-13,17H,9,14-15H2,1-3H3,(H,28,31)(H,29,30). The molecule has 166 valence electrons. The first-order valence-electron chi connectivity index (χ1n) is 10.8. The minimum absolute atomic E-state index is 0.195. The Kier molecular flexibility index (Phi) is 6.40. The molecule has 0 saturated heterocycles. The molecule has 3 aromatic rings. The summed E-state index contributed by atoms with van der Waals surface area (Å²) in [7, 11) is 0. The zero-order valence-corrected chi connectivity index (χ0v) is 20.1. The maximum absolute atomic E-state index is 13.4. The van der Waals surface area contributed by atoms with Crippen molar-refractivity contribution in [3.05, 3.63) is 81.2 Å². The Morgan fingerprint density at radius 3 is 2.31 bits per heavy atom. The summed E-state index contributed by atoms with van der Waals surface area (Å²) < 4.78 is 0. The van der Waals surface area contributed by atoms with Crippen LogP contribution in [0.2, 0.25) is 5.02 Å². The molecule has 0 bridgehead atoms. The Morgan fingerprint density at radius 2 is 1.66 bits per heavy atom. The lowest BCUT2D eigenvalue weighted by atomic mass is 9.72. The Morgan fingerprint density at radius 1 is 0.969 bits per heavy atom. The second-order valence-electron chi connectivity index (χ2n) is 9.29. The number of anilines is 2. The van der Waals surface area contributed by atoms with E-state index >= 15 is 0 Å². The van der Waals surface area contributed by atoms with Gasteiger partial charge in [-0.3, -0.25) is 9.59 Å². The van der Waals surface area contributed by atoms with Crippen molar-refractivity contribution >= 4 is 45.4 Å². The van der Waals surface area contributed by atoms with Crippen molar-refractivity contribution in [3.8, 4) is 0 Å². The van der Waals surface area contributed by atoms with E-state index in [-0.39, 0.29) is 17.2 Å². The minimum atomic E-state index is -0.211. The topological polar surface area (TPSA) is 58.2 Å². The Labute approximate surface area is 198 Å². The summed E-state index contributed by atoms with van der Waals surface area (Å²) in [6.07, 6.45) is 2.78. The fourth-order valence-electron chi connectivity index (χ4n) is 4.15. The number of thiophene rings is 1. The molecule has 0 radical (unpaired) electrons. The number of benzene rings is 2. The first-order chi connectivity index (χ1) is 15.2. The molecule has 0 fully saturated rings. The van der Waals surface area contributed by atoms with Gasteiger partial charge in [-0.2, -0.15) is 0 Å². The van der Waals surface area contributed by atoms with E-state index in [1.807, 2.05) is 18.2 Å². The first-order valence-corrected chi connectivity index (χ1v) is 12.0. The van der Waals surface area contributed by atoms with Crippen LogP contribution in [0.5, 0.6) is 0 Å². The SMILES string of the molecule is CC(C)(C)C1CCc2c(sc(NC(=O)c3ccccc3)c2C(=O)Nc2ccc(Cl)cc2)C1. The number of fused-ring (bicyclic) bond motifs is 1. The summed E-state index contributed by atoms with van der Waals surface area (Å²) in [5.41, 5.74) is 3.07. The van der Waals surface area contributed by atoms with Crippen molar-refractivity contribution in [2.24, 2.45) is 11.3 Å². The number of amides is 2. The average Bonchev–Trinajstić information content (AvgIpc) is 3.12. The van der Waals surface area contributed by atoms with Crippen molar-refractivity contribution in [2.45, 2.75) is 40.0 Å². The van der Waals surface area contributed by atoms with Crippen LogP contribution in [-0.2, 0) is 12.8 Å². The molecule has 1 unspecified atom stereocenters. The molecule has 1 aromatic heterocycles. The quantitative estimate of drug-likeness (QED) is 0.432. The molecule has 32 heavy (non-hydrogen) atoms. The van der Waals surface area contributed by atoms with Gasteiger partial charge in [-0.05, 0) is 72.6 Å². The fourth-order valence-corrected chi connectivity index (χ4v) is 5.59. The predicted molar refractivity (Wildman–Crippen MR) is 133 cm³/mol. The van der Waals surface area contributed by atoms with Gasteiger partial charge < -0.3 is 10.6 Å². The zero-order valence-electron chi connectivity index (χ0n) is 18.5. The number of rotatable bonds is 4. The number of carbonyl (C=O) groups is 2. The van der Waals surface area contributed by atoms with Gasteiger partial charge in [0.1, 0.15) is 5.00 Å². The van der Waals surface area contributed by atoms with Crippen LogP contribution in [0.3, 0.4) is 0 Å². The van der Waals surface area contributed by atoms with Crippen LogP contribution in [0.15, 0.2) is 54.6 Å². The summed E-state index contributed by atoms with van der Waals surface area (Å²) in [6.45, 7) is 6.80. The van der Waals surface area contributed by atoms with Crippen molar-refractivity contribution in [3.63, 3.8) is 0 Å². The predicted octanol–water partition coefficient (Wildman–Crippen LogP) is 7.06. The van der Waals surface area contributed by atoms with E-state index in [1.54, 1.807) is 36.4 Å². The van der Waals surface area contributed by atoms with Crippen molar-refractivity contribution in [1.82, 2.24) is 0 Å². The fraction of sp³-hybridized carbons (Fsp3) is 0.308. The first kappa shape index (κ1) is 22.6. The van der Waals surface area contributed by atoms with E-state index in [9.17, 15) is 9.59 Å². The average molecular weight is 467 g/mol. The van der Waals surface area contributed by atoms with Crippen LogP contribution in [-0.4, -0.2) is 11.8 Å². The van der Waals surface area contributed by atoms with Crippen molar-refractivity contribution in [2.75, 3.05) is 10.6 Å². The van der Waals surface area contributed by atoms with Crippen LogP contribution >= 0.6 is 22.9 Å². The summed E-state index contributed by atoms with van der Waals surface area (Å²) in [6, 6.07) is 16.1. The molecular weight excluding hydrogens is 440 g/mol. The largest absolute Gasteiger partial charge is 0.322 e. The normalized spacial score (nSPS) is 15.7. The van der Waals surface area contributed by atoms with E-state index < -0.39 is 0 Å². The molecule has 6 heteroatoms. The second kappa shape index (κ2) is 9.08. The van der Waals surface area contributed by atoms with E-state index in [4.69, 9.17) is 11.6 Å². The summed E-state index contributed by atoms with van der Waals surface area (Å²) in [4.78, 5) is 27.4. The number of hydrogen-bond acceptors (Lipinski definition) is 3. The number of nitrogens with one attached hydrogen (secondary N) is 2. The molecule has 4 rings (SSSR count). The highest BCUT2D eigenvalue weighted by atomic mass is 35.5. The van der Waals surface area contributed by atoms with Gasteiger partial charge in [-0.1, -0.05) is 50.6 Å². The van der Waals surface area contributed by atoms with E-state index in [1.165, 1.54) is 16.2 Å². The van der Waals surface area contributed by atoms with Crippen LogP contribution in [0.25, 0.3) is 0 Å². The number of carbonyl (C=O) groups excluding carboxylic acids is 2. The molecule has 1 heterocycles. The van der Waals surface area contributed by atoms with Crippen molar-refractivity contribution < 1.29 is 9.59 Å². The van der Waals surface area contributed by atoms with E-state index in [2.05, 4.69) is 31.4 Å². The molecule has 0 spiro atoms. The van der Waals surface area contributed by atoms with Crippen LogP contribution in [0.4, 0.5) is 10.7 Å². The summed E-state index contributed by atoms with van der Waals surface area (Å²) in [5.74, 6) is 0.123. The van der Waals surface area contributed by atoms with Crippen LogP contribution in [0, 0.1) is 11.3 Å². The summed E-state index contributed by atoms with van der Waals surface area (Å²) in [5, 5.41) is 7.21. The second-order valence-corrected chi connectivity index (χ2v) is 10.8. The van der Waals surface area contributed by atoms with Gasteiger partial charge in [0.15, 0.2) is 0 Å². The number of hydrogen-bond donors (Lipinski definition) is 2. The highest BCUT2D eigenvalue weighted by Gasteiger charge is 2.34. The van der Waals surface area contributed by atoms with Gasteiger partial charge in [0.25, 0.3) is 11.8 Å². The summed E-state index contributed by atoms with van der Waals surface area (Å²) >= 11 is 7.51. The van der Waals surface area contributed by atoms with Crippen molar-refractivity contribution in [1.29, 1.82) is 0 Å². The Hall–Kier alpha value is -2.63. The molecule has 1 aliphatic rings. The maximum atomic E-state index is 13.4. The lowest BCUT2D eigenvalue weighted by Gasteiger charge is -2.33. The Bertz CT molecular complexity index is 1130. The third kappa shape index (κ3) is 4.89. The van der Waals surface area contributed by atoms with Gasteiger partial charge >= 0.3 is 0 Å². The highest BCUT2D eigenvalue weighted by Crippen LogP contribution is 2.44. The van der Waals surface area contributed by atoms with Gasteiger partial charge in [0.05, 0.1) is 5.56 Å².